The molecule has 3 N–H and O–H groups in total. The molecule has 0 radical (unpaired) electrons. The highest BCUT2D eigenvalue weighted by atomic mass is 15.0. The van der Waals surface area contributed by atoms with E-state index in [0.717, 1.165) is 48.1 Å². The molecule has 0 aliphatic carbocycles. The van der Waals surface area contributed by atoms with Crippen molar-refractivity contribution in [2.75, 3.05) is 5.73 Å². The maximum atomic E-state index is 6.13. The number of pyridine rings is 1. The number of aromatic nitrogens is 1. The van der Waals surface area contributed by atoms with Crippen molar-refractivity contribution in [2.45, 2.75) is 52.1 Å². The van der Waals surface area contributed by atoms with Crippen LogP contribution in [0.5, 0.6) is 0 Å². The van der Waals surface area contributed by atoms with Gasteiger partial charge in [0.2, 0.25) is 0 Å². The minimum Gasteiger partial charge on any atom is -0.398 e. The molecule has 20 heavy (non-hydrogen) atoms. The van der Waals surface area contributed by atoms with Crippen LogP contribution in [-0.2, 0) is 6.54 Å². The van der Waals surface area contributed by atoms with E-state index >= 15 is 0 Å². The van der Waals surface area contributed by atoms with Crippen LogP contribution in [0.1, 0.15) is 45.7 Å². The van der Waals surface area contributed by atoms with E-state index in [1.54, 1.807) is 0 Å². The first-order chi connectivity index (χ1) is 9.64. The van der Waals surface area contributed by atoms with Crippen LogP contribution >= 0.6 is 0 Å². The molecule has 0 atom stereocenters. The molecule has 2 aromatic rings. The SMILES string of the molecule is CCC(CC)(CC)NCc1cc(N)c2ccccc2n1. The molecule has 0 saturated carbocycles. The van der Waals surface area contributed by atoms with Gasteiger partial charge in [0.15, 0.2) is 0 Å². The van der Waals surface area contributed by atoms with Gasteiger partial charge in [-0.05, 0) is 31.4 Å². The van der Waals surface area contributed by atoms with Gasteiger partial charge in [0, 0.05) is 23.2 Å². The van der Waals surface area contributed by atoms with Crippen LogP contribution in [0.2, 0.25) is 0 Å². The Balaban J connectivity index is 2.22. The molecule has 0 bridgehead atoms. The summed E-state index contributed by atoms with van der Waals surface area (Å²) in [6, 6.07) is 10.0. The summed E-state index contributed by atoms with van der Waals surface area (Å²) in [5.74, 6) is 0. The fourth-order valence-electron chi connectivity index (χ4n) is 2.75. The largest absolute Gasteiger partial charge is 0.398 e. The number of para-hydroxylation sites is 1. The van der Waals surface area contributed by atoms with Crippen molar-refractivity contribution in [2.24, 2.45) is 0 Å². The van der Waals surface area contributed by atoms with Crippen molar-refractivity contribution in [1.82, 2.24) is 10.3 Å². The molecule has 1 aromatic carbocycles. The molecule has 3 nitrogen and oxygen atoms in total. The lowest BCUT2D eigenvalue weighted by Gasteiger charge is -2.32. The summed E-state index contributed by atoms with van der Waals surface area (Å²) in [7, 11) is 0. The molecule has 0 aliphatic heterocycles. The molecule has 0 spiro atoms. The van der Waals surface area contributed by atoms with Crippen LogP contribution in [0.15, 0.2) is 30.3 Å². The van der Waals surface area contributed by atoms with Crippen molar-refractivity contribution in [3.63, 3.8) is 0 Å². The molecule has 3 heteroatoms. The van der Waals surface area contributed by atoms with Gasteiger partial charge in [-0.2, -0.15) is 0 Å². The summed E-state index contributed by atoms with van der Waals surface area (Å²) in [5.41, 5.74) is 9.13. The highest BCUT2D eigenvalue weighted by Gasteiger charge is 2.22. The summed E-state index contributed by atoms with van der Waals surface area (Å²) >= 11 is 0. The van der Waals surface area contributed by atoms with Crippen molar-refractivity contribution in [3.8, 4) is 0 Å². The molecule has 0 fully saturated rings. The quantitative estimate of drug-likeness (QED) is 0.838. The van der Waals surface area contributed by atoms with E-state index in [9.17, 15) is 0 Å². The maximum Gasteiger partial charge on any atom is 0.0726 e. The molecular weight excluding hydrogens is 246 g/mol. The number of fused-ring (bicyclic) bond motifs is 1. The lowest BCUT2D eigenvalue weighted by atomic mass is 9.90. The van der Waals surface area contributed by atoms with Gasteiger partial charge in [-0.3, -0.25) is 4.98 Å². The summed E-state index contributed by atoms with van der Waals surface area (Å²) in [5, 5.41) is 4.70. The lowest BCUT2D eigenvalue weighted by Crippen LogP contribution is -2.43. The zero-order valence-electron chi connectivity index (χ0n) is 12.7. The molecule has 108 valence electrons. The van der Waals surface area contributed by atoms with Gasteiger partial charge in [-0.1, -0.05) is 39.0 Å². The van der Waals surface area contributed by atoms with E-state index in [1.165, 1.54) is 0 Å². The molecule has 0 aliphatic rings. The second-order valence-electron chi connectivity index (χ2n) is 5.41. The second kappa shape index (κ2) is 6.23. The van der Waals surface area contributed by atoms with Crippen LogP contribution in [0, 0.1) is 0 Å². The molecule has 1 aromatic heterocycles. The monoisotopic (exact) mass is 271 g/mol. The zero-order chi connectivity index (χ0) is 14.6. The van der Waals surface area contributed by atoms with E-state index in [4.69, 9.17) is 10.7 Å². The Labute approximate surface area is 121 Å². The second-order valence-corrected chi connectivity index (χ2v) is 5.41. The van der Waals surface area contributed by atoms with Gasteiger partial charge in [-0.25, -0.2) is 0 Å². The van der Waals surface area contributed by atoms with Gasteiger partial charge in [-0.15, -0.1) is 0 Å². The fourth-order valence-corrected chi connectivity index (χ4v) is 2.75. The van der Waals surface area contributed by atoms with Crippen LogP contribution in [0.25, 0.3) is 10.9 Å². The fraction of sp³-hybridized carbons (Fsp3) is 0.471. The summed E-state index contributed by atoms with van der Waals surface area (Å²) in [4.78, 5) is 4.70. The topological polar surface area (TPSA) is 50.9 Å². The number of nitrogen functional groups attached to an aromatic ring is 1. The minimum absolute atomic E-state index is 0.210. The first-order valence-corrected chi connectivity index (χ1v) is 7.53. The standard InChI is InChI=1S/C17H25N3/c1-4-17(5-2,6-3)19-12-13-11-15(18)14-9-7-8-10-16(14)20-13/h7-11,19H,4-6,12H2,1-3H3,(H2,18,20). The van der Waals surface area contributed by atoms with E-state index in [1.807, 2.05) is 30.3 Å². The molecule has 1 heterocycles. The number of anilines is 1. The van der Waals surface area contributed by atoms with Crippen LogP contribution in [0.4, 0.5) is 5.69 Å². The Hall–Kier alpha value is -1.61. The number of nitrogens with one attached hydrogen (secondary N) is 1. The number of hydrogen-bond donors (Lipinski definition) is 2. The van der Waals surface area contributed by atoms with Gasteiger partial charge < -0.3 is 11.1 Å². The van der Waals surface area contributed by atoms with Gasteiger partial charge in [0.05, 0.1) is 11.2 Å². The van der Waals surface area contributed by atoms with Gasteiger partial charge in [0.25, 0.3) is 0 Å². The number of rotatable bonds is 6. The predicted molar refractivity (Wildman–Crippen MR) is 86.6 cm³/mol. The third-order valence-corrected chi connectivity index (χ3v) is 4.48. The third kappa shape index (κ3) is 2.93. The van der Waals surface area contributed by atoms with E-state index in [-0.39, 0.29) is 5.54 Å². The third-order valence-electron chi connectivity index (χ3n) is 4.48. The van der Waals surface area contributed by atoms with Crippen LogP contribution in [-0.4, -0.2) is 10.5 Å². The Kier molecular flexibility index (Phi) is 4.61. The smallest absolute Gasteiger partial charge is 0.0726 e. The van der Waals surface area contributed by atoms with Gasteiger partial charge >= 0.3 is 0 Å². The van der Waals surface area contributed by atoms with E-state index in [0.29, 0.717) is 0 Å². The van der Waals surface area contributed by atoms with Crippen molar-refractivity contribution < 1.29 is 0 Å². The van der Waals surface area contributed by atoms with Crippen molar-refractivity contribution >= 4 is 16.6 Å². The average molecular weight is 271 g/mol. The summed E-state index contributed by atoms with van der Waals surface area (Å²) < 4.78 is 0. The molecule has 0 amide bonds. The molecule has 0 unspecified atom stereocenters. The minimum atomic E-state index is 0.210. The maximum absolute atomic E-state index is 6.13. The Morgan fingerprint density at radius 2 is 1.75 bits per heavy atom. The van der Waals surface area contributed by atoms with Crippen LogP contribution in [0.3, 0.4) is 0 Å². The normalized spacial score (nSPS) is 11.9. The number of hydrogen-bond acceptors (Lipinski definition) is 3. The van der Waals surface area contributed by atoms with Crippen molar-refractivity contribution in [3.05, 3.63) is 36.0 Å². The number of nitrogens with two attached hydrogens (primary N) is 1. The molecular formula is C17H25N3. The van der Waals surface area contributed by atoms with Crippen molar-refractivity contribution in [1.29, 1.82) is 0 Å². The first kappa shape index (κ1) is 14.8. The van der Waals surface area contributed by atoms with E-state index in [2.05, 4.69) is 26.1 Å². The molecule has 0 saturated heterocycles. The van der Waals surface area contributed by atoms with Crippen LogP contribution < -0.4 is 11.1 Å². The first-order valence-electron chi connectivity index (χ1n) is 7.53. The highest BCUT2D eigenvalue weighted by Crippen LogP contribution is 2.22. The van der Waals surface area contributed by atoms with E-state index < -0.39 is 0 Å². The average Bonchev–Trinajstić information content (AvgIpc) is 2.49. The summed E-state index contributed by atoms with van der Waals surface area (Å²) in [6.45, 7) is 7.48. The lowest BCUT2D eigenvalue weighted by molar-refractivity contribution is 0.287. The number of benzene rings is 1. The highest BCUT2D eigenvalue weighted by molar-refractivity contribution is 5.90. The predicted octanol–water partition coefficient (Wildman–Crippen LogP) is 3.88. The van der Waals surface area contributed by atoms with Gasteiger partial charge in [0.1, 0.15) is 0 Å². The Morgan fingerprint density at radius 3 is 2.40 bits per heavy atom. The number of nitrogens with zero attached hydrogens (tertiary/aromatic N) is 1. The Bertz CT molecular complexity index is 565. The summed E-state index contributed by atoms with van der Waals surface area (Å²) in [6.07, 6.45) is 3.38. The Morgan fingerprint density at radius 1 is 1.10 bits per heavy atom. The molecule has 2 rings (SSSR count). The zero-order valence-corrected chi connectivity index (χ0v) is 12.7.